The first kappa shape index (κ1) is 17.3. The second-order valence-electron chi connectivity index (χ2n) is 5.10. The van der Waals surface area contributed by atoms with Crippen LogP contribution in [-0.2, 0) is 23.8 Å². The molecular weight excluding hydrogens is 258 g/mol. The van der Waals surface area contributed by atoms with Crippen molar-refractivity contribution in [3.05, 3.63) is 0 Å². The molecule has 1 saturated heterocycles. The first-order valence-corrected chi connectivity index (χ1v) is 7.66. The van der Waals surface area contributed by atoms with Crippen LogP contribution in [0.3, 0.4) is 0 Å². The van der Waals surface area contributed by atoms with Crippen molar-refractivity contribution in [2.75, 3.05) is 19.3 Å². The number of carbonyl (C=O) groups excluding carboxylic acids is 1. The van der Waals surface area contributed by atoms with Crippen LogP contribution in [0.2, 0.25) is 0 Å². The predicted molar refractivity (Wildman–Crippen MR) is 68.7 cm³/mol. The number of piperidine rings is 1. The molecule has 0 saturated carbocycles. The van der Waals surface area contributed by atoms with Crippen molar-refractivity contribution in [2.45, 2.75) is 45.3 Å². The van der Waals surface area contributed by atoms with E-state index in [0.717, 1.165) is 25.6 Å². The zero-order chi connectivity index (χ0) is 14.2. The quantitative estimate of drug-likeness (QED) is 0.605. The van der Waals surface area contributed by atoms with E-state index in [4.69, 9.17) is 4.18 Å². The molecule has 1 aliphatic heterocycles. The summed E-state index contributed by atoms with van der Waals surface area (Å²) in [6, 6.07) is 0. The van der Waals surface area contributed by atoms with Gasteiger partial charge in [-0.2, -0.15) is 8.42 Å². The lowest BCUT2D eigenvalue weighted by atomic mass is 10.1. The zero-order valence-corrected chi connectivity index (χ0v) is 12.2. The van der Waals surface area contributed by atoms with Gasteiger partial charge in [0, 0.05) is 6.54 Å². The van der Waals surface area contributed by atoms with Gasteiger partial charge in [-0.3, -0.25) is 8.98 Å². The van der Waals surface area contributed by atoms with Crippen molar-refractivity contribution in [3.8, 4) is 0 Å². The Hall–Kier alpha value is -0.660. The van der Waals surface area contributed by atoms with Crippen molar-refractivity contribution in [1.29, 1.82) is 0 Å². The van der Waals surface area contributed by atoms with Crippen LogP contribution in [0.5, 0.6) is 0 Å². The van der Waals surface area contributed by atoms with E-state index in [1.807, 2.05) is 20.8 Å². The minimum Gasteiger partial charge on any atom is -0.462 e. The van der Waals surface area contributed by atoms with Gasteiger partial charge in [-0.25, -0.2) is 0 Å². The molecule has 0 aromatic rings. The fourth-order valence-electron chi connectivity index (χ4n) is 1.29. The van der Waals surface area contributed by atoms with Crippen molar-refractivity contribution in [1.82, 2.24) is 5.32 Å². The second kappa shape index (κ2) is 7.70. The van der Waals surface area contributed by atoms with Gasteiger partial charge in [0.15, 0.2) is 0 Å². The normalized spacial score (nSPS) is 20.6. The highest BCUT2D eigenvalue weighted by Gasteiger charge is 2.17. The van der Waals surface area contributed by atoms with E-state index in [2.05, 4.69) is 10.1 Å². The molecule has 0 unspecified atom stereocenters. The molecule has 0 amide bonds. The molecule has 0 radical (unpaired) electrons. The highest BCUT2D eigenvalue weighted by atomic mass is 32.2. The van der Waals surface area contributed by atoms with Gasteiger partial charge in [0.25, 0.3) is 16.6 Å². The molecule has 108 valence electrons. The Morgan fingerprint density at radius 1 is 1.33 bits per heavy atom. The Bertz CT molecular complexity index is 328. The lowest BCUT2D eigenvalue weighted by molar-refractivity contribution is -0.138. The van der Waals surface area contributed by atoms with Gasteiger partial charge in [0.05, 0.1) is 12.4 Å². The Balaban J connectivity index is 0.000000360. The highest BCUT2D eigenvalue weighted by Crippen LogP contribution is 2.07. The average Bonchev–Trinajstić information content (AvgIpc) is 2.15. The number of hydrogen-bond acceptors (Lipinski definition) is 6. The average molecular weight is 281 g/mol. The number of carbonyl (C=O) groups is 1. The topological polar surface area (TPSA) is 81.7 Å². The summed E-state index contributed by atoms with van der Waals surface area (Å²) in [4.78, 5) is 9.60. The standard InChI is InChI=1S/C6H13NO3S.C5H10O2/c1-11(8,9)10-6-3-2-4-7-5-6;1-5(2,3)7-4-6/h6-7H,2-5H2,1H3;4H,1-3H3/t6-;/m0./s1. The van der Waals surface area contributed by atoms with Crippen LogP contribution < -0.4 is 5.32 Å². The molecule has 1 aliphatic rings. The van der Waals surface area contributed by atoms with E-state index in [1.54, 1.807) is 0 Å². The lowest BCUT2D eigenvalue weighted by Crippen LogP contribution is -2.36. The van der Waals surface area contributed by atoms with Crippen molar-refractivity contribution < 1.29 is 22.1 Å². The molecule has 1 atom stereocenters. The van der Waals surface area contributed by atoms with Gasteiger partial charge in [0.2, 0.25) is 0 Å². The summed E-state index contributed by atoms with van der Waals surface area (Å²) in [5, 5.41) is 3.07. The van der Waals surface area contributed by atoms with Crippen LogP contribution >= 0.6 is 0 Å². The molecule has 1 fully saturated rings. The van der Waals surface area contributed by atoms with Crippen LogP contribution in [0.1, 0.15) is 33.6 Å². The molecule has 0 aromatic carbocycles. The predicted octanol–water partition coefficient (Wildman–Crippen LogP) is 0.673. The SMILES string of the molecule is CC(C)(C)OC=O.CS(=O)(=O)O[C@H]1CCCNC1. The third kappa shape index (κ3) is 11.8. The van der Waals surface area contributed by atoms with E-state index in [0.29, 0.717) is 13.0 Å². The summed E-state index contributed by atoms with van der Waals surface area (Å²) in [5.74, 6) is 0. The van der Waals surface area contributed by atoms with Crippen LogP contribution in [0, 0.1) is 0 Å². The summed E-state index contributed by atoms with van der Waals surface area (Å²) in [6.07, 6.45) is 2.75. The van der Waals surface area contributed by atoms with E-state index >= 15 is 0 Å². The summed E-state index contributed by atoms with van der Waals surface area (Å²) < 4.78 is 30.6. The molecule has 1 heterocycles. The van der Waals surface area contributed by atoms with Crippen LogP contribution in [0.25, 0.3) is 0 Å². The van der Waals surface area contributed by atoms with Gasteiger partial charge >= 0.3 is 0 Å². The highest BCUT2D eigenvalue weighted by molar-refractivity contribution is 7.86. The van der Waals surface area contributed by atoms with Crippen molar-refractivity contribution in [3.63, 3.8) is 0 Å². The van der Waals surface area contributed by atoms with Crippen molar-refractivity contribution >= 4 is 16.6 Å². The number of nitrogens with one attached hydrogen (secondary N) is 1. The van der Waals surface area contributed by atoms with Gasteiger partial charge in [-0.15, -0.1) is 0 Å². The lowest BCUT2D eigenvalue weighted by Gasteiger charge is -2.21. The molecule has 18 heavy (non-hydrogen) atoms. The monoisotopic (exact) mass is 281 g/mol. The minimum absolute atomic E-state index is 0.154. The minimum atomic E-state index is -3.26. The summed E-state index contributed by atoms with van der Waals surface area (Å²) in [5.41, 5.74) is -0.318. The Morgan fingerprint density at radius 3 is 2.22 bits per heavy atom. The molecule has 0 aromatic heterocycles. The molecule has 0 bridgehead atoms. The van der Waals surface area contributed by atoms with E-state index in [-0.39, 0.29) is 11.7 Å². The molecule has 7 heteroatoms. The van der Waals surface area contributed by atoms with Crippen LogP contribution in [0.4, 0.5) is 0 Å². The summed E-state index contributed by atoms with van der Waals surface area (Å²) in [7, 11) is -3.26. The Kier molecular flexibility index (Phi) is 7.42. The van der Waals surface area contributed by atoms with Gasteiger partial charge < -0.3 is 10.1 Å². The van der Waals surface area contributed by atoms with E-state index < -0.39 is 10.1 Å². The first-order valence-electron chi connectivity index (χ1n) is 5.84. The largest absolute Gasteiger partial charge is 0.462 e. The fourth-order valence-corrected chi connectivity index (χ4v) is 1.95. The molecule has 1 N–H and O–H groups in total. The second-order valence-corrected chi connectivity index (χ2v) is 6.70. The maximum atomic E-state index is 10.6. The fraction of sp³-hybridized carbons (Fsp3) is 0.909. The zero-order valence-electron chi connectivity index (χ0n) is 11.4. The van der Waals surface area contributed by atoms with Crippen LogP contribution in [-0.4, -0.2) is 45.9 Å². The molecule has 0 spiro atoms. The van der Waals surface area contributed by atoms with E-state index in [9.17, 15) is 13.2 Å². The summed E-state index contributed by atoms with van der Waals surface area (Å²) in [6.45, 7) is 7.53. The number of ether oxygens (including phenoxy) is 1. The third-order valence-electron chi connectivity index (χ3n) is 1.96. The third-order valence-corrected chi connectivity index (χ3v) is 2.59. The number of rotatable bonds is 3. The Morgan fingerprint density at radius 2 is 1.94 bits per heavy atom. The van der Waals surface area contributed by atoms with Gasteiger partial charge in [0.1, 0.15) is 5.60 Å². The van der Waals surface area contributed by atoms with Crippen molar-refractivity contribution in [2.24, 2.45) is 0 Å². The molecular formula is C11H23NO5S. The van der Waals surface area contributed by atoms with Gasteiger partial charge in [-0.05, 0) is 40.2 Å². The molecule has 0 aliphatic carbocycles. The number of hydrogen-bond donors (Lipinski definition) is 1. The maximum absolute atomic E-state index is 10.6. The van der Waals surface area contributed by atoms with Crippen LogP contribution in [0.15, 0.2) is 0 Å². The maximum Gasteiger partial charge on any atom is 0.293 e. The van der Waals surface area contributed by atoms with Gasteiger partial charge in [-0.1, -0.05) is 0 Å². The summed E-state index contributed by atoms with van der Waals surface area (Å²) >= 11 is 0. The molecule has 1 rings (SSSR count). The first-order chi connectivity index (χ1) is 8.14. The smallest absolute Gasteiger partial charge is 0.293 e. The Labute approximate surface area is 109 Å². The molecule has 6 nitrogen and oxygen atoms in total. The van der Waals surface area contributed by atoms with E-state index in [1.165, 1.54) is 0 Å².